The fourth-order valence-electron chi connectivity index (χ4n) is 3.31. The minimum Gasteiger partial charge on any atom is -0.300 e. The summed E-state index contributed by atoms with van der Waals surface area (Å²) >= 11 is 0. The van der Waals surface area contributed by atoms with Gasteiger partial charge in [-0.3, -0.25) is 5.32 Å². The van der Waals surface area contributed by atoms with Crippen LogP contribution < -0.4 is 5.32 Å². The molecule has 1 aromatic rings. The second kappa shape index (κ2) is 4.16. The van der Waals surface area contributed by atoms with Crippen LogP contribution in [0.5, 0.6) is 0 Å². The van der Waals surface area contributed by atoms with E-state index in [9.17, 15) is 22.0 Å². The summed E-state index contributed by atoms with van der Waals surface area (Å²) in [5.41, 5.74) is -1.53. The Hall–Kier alpha value is -1.17. The van der Waals surface area contributed by atoms with E-state index in [2.05, 4.69) is 5.32 Å². The van der Waals surface area contributed by atoms with Crippen LogP contribution in [0.15, 0.2) is 30.3 Å². The molecule has 1 nitrogen and oxygen atoms in total. The van der Waals surface area contributed by atoms with Crippen molar-refractivity contribution >= 4 is 0 Å². The SMILES string of the molecule is FC1C2CCC(Cc3ccccc3)(N2)C(F)(F)C1(F)F. The zero-order valence-corrected chi connectivity index (χ0v) is 10.6. The Morgan fingerprint density at radius 2 is 1.75 bits per heavy atom. The largest absolute Gasteiger partial charge is 0.344 e. The van der Waals surface area contributed by atoms with Crippen molar-refractivity contribution in [3.8, 4) is 0 Å². The summed E-state index contributed by atoms with van der Waals surface area (Å²) in [7, 11) is 0. The zero-order chi connectivity index (χ0) is 14.6. The molecular weight excluding hydrogens is 277 g/mol. The minimum atomic E-state index is -4.63. The molecule has 3 unspecified atom stereocenters. The topological polar surface area (TPSA) is 12.0 Å². The van der Waals surface area contributed by atoms with Crippen molar-refractivity contribution < 1.29 is 22.0 Å². The lowest BCUT2D eigenvalue weighted by molar-refractivity contribution is -0.289. The van der Waals surface area contributed by atoms with Gasteiger partial charge >= 0.3 is 11.8 Å². The zero-order valence-electron chi connectivity index (χ0n) is 10.6. The van der Waals surface area contributed by atoms with Crippen molar-refractivity contribution in [3.05, 3.63) is 35.9 Å². The molecule has 0 amide bonds. The molecule has 0 radical (unpaired) electrons. The molecule has 2 saturated heterocycles. The Bertz CT molecular complexity index is 504. The fraction of sp³-hybridized carbons (Fsp3) is 0.571. The Morgan fingerprint density at radius 1 is 1.10 bits per heavy atom. The van der Waals surface area contributed by atoms with E-state index in [-0.39, 0.29) is 19.3 Å². The molecule has 0 spiro atoms. The molecule has 2 fully saturated rings. The summed E-state index contributed by atoms with van der Waals surface area (Å²) in [6.45, 7) is 0. The molecule has 3 rings (SSSR count). The maximum absolute atomic E-state index is 14.2. The van der Waals surface area contributed by atoms with Gasteiger partial charge in [0.2, 0.25) is 0 Å². The van der Waals surface area contributed by atoms with Gasteiger partial charge in [-0.15, -0.1) is 0 Å². The molecule has 0 aromatic heterocycles. The molecule has 1 aromatic carbocycles. The van der Waals surface area contributed by atoms with Crippen LogP contribution in [0.25, 0.3) is 0 Å². The molecule has 2 aliphatic heterocycles. The highest BCUT2D eigenvalue weighted by molar-refractivity contribution is 5.27. The first kappa shape index (κ1) is 13.8. The quantitative estimate of drug-likeness (QED) is 0.824. The van der Waals surface area contributed by atoms with Gasteiger partial charge in [0.25, 0.3) is 0 Å². The molecule has 20 heavy (non-hydrogen) atoms. The Balaban J connectivity index is 2.00. The van der Waals surface area contributed by atoms with Crippen molar-refractivity contribution in [1.29, 1.82) is 0 Å². The van der Waals surface area contributed by atoms with Crippen LogP contribution in [0, 0.1) is 0 Å². The van der Waals surface area contributed by atoms with E-state index in [1.54, 1.807) is 30.3 Å². The summed E-state index contributed by atoms with van der Waals surface area (Å²) in [4.78, 5) is 0. The van der Waals surface area contributed by atoms with Gasteiger partial charge in [-0.05, 0) is 24.8 Å². The number of hydrogen-bond donors (Lipinski definition) is 1. The average Bonchev–Trinajstić information content (AvgIpc) is 2.82. The normalized spacial score (nSPS) is 37.9. The standard InChI is InChI=1S/C14H14F5N/c15-11-10-6-7-12(20-10,14(18,19)13(11,16)17)8-9-4-2-1-3-5-9/h1-5,10-11,20H,6-8H2. The van der Waals surface area contributed by atoms with E-state index in [1.165, 1.54) is 0 Å². The van der Waals surface area contributed by atoms with Crippen molar-refractivity contribution in [2.45, 2.75) is 48.9 Å². The predicted molar refractivity (Wildman–Crippen MR) is 63.8 cm³/mol. The highest BCUT2D eigenvalue weighted by Crippen LogP contribution is 2.56. The van der Waals surface area contributed by atoms with Crippen molar-refractivity contribution in [3.63, 3.8) is 0 Å². The molecule has 2 aliphatic rings. The summed E-state index contributed by atoms with van der Waals surface area (Å²) < 4.78 is 69.4. The molecule has 1 N–H and O–H groups in total. The van der Waals surface area contributed by atoms with E-state index in [0.29, 0.717) is 5.56 Å². The van der Waals surface area contributed by atoms with E-state index >= 15 is 0 Å². The van der Waals surface area contributed by atoms with Gasteiger partial charge in [0.05, 0.1) is 5.54 Å². The van der Waals surface area contributed by atoms with Gasteiger partial charge in [0.15, 0.2) is 6.17 Å². The lowest BCUT2D eigenvalue weighted by Crippen LogP contribution is -2.74. The van der Waals surface area contributed by atoms with Crippen LogP contribution in [0.1, 0.15) is 18.4 Å². The van der Waals surface area contributed by atoms with Gasteiger partial charge in [-0.25, -0.2) is 4.39 Å². The number of nitrogens with one attached hydrogen (secondary N) is 1. The lowest BCUT2D eigenvalue weighted by atomic mass is 9.78. The maximum Gasteiger partial charge on any atom is 0.344 e. The Kier molecular flexibility index (Phi) is 2.87. The Labute approximate surface area is 113 Å². The summed E-state index contributed by atoms with van der Waals surface area (Å²) in [6.07, 6.45) is -3.24. The van der Waals surface area contributed by atoms with Gasteiger partial charge in [0.1, 0.15) is 0 Å². The number of fused-ring (bicyclic) bond motifs is 2. The van der Waals surface area contributed by atoms with E-state index < -0.39 is 29.6 Å². The average molecular weight is 291 g/mol. The second-order valence-corrected chi connectivity index (χ2v) is 5.63. The van der Waals surface area contributed by atoms with Crippen LogP contribution in [-0.4, -0.2) is 29.6 Å². The number of rotatable bonds is 2. The monoisotopic (exact) mass is 291 g/mol. The molecule has 2 heterocycles. The number of alkyl halides is 5. The van der Waals surface area contributed by atoms with Gasteiger partial charge < -0.3 is 0 Å². The van der Waals surface area contributed by atoms with Crippen LogP contribution >= 0.6 is 0 Å². The third-order valence-electron chi connectivity index (χ3n) is 4.41. The molecule has 0 aliphatic carbocycles. The third kappa shape index (κ3) is 1.63. The molecule has 0 saturated carbocycles. The van der Waals surface area contributed by atoms with Crippen LogP contribution in [0.2, 0.25) is 0 Å². The Morgan fingerprint density at radius 3 is 2.40 bits per heavy atom. The molecule has 6 heteroatoms. The smallest absolute Gasteiger partial charge is 0.300 e. The van der Waals surface area contributed by atoms with Gasteiger partial charge in [0, 0.05) is 6.04 Å². The fourth-order valence-corrected chi connectivity index (χ4v) is 3.31. The number of benzene rings is 1. The first-order chi connectivity index (χ1) is 9.30. The van der Waals surface area contributed by atoms with Crippen LogP contribution in [0.4, 0.5) is 22.0 Å². The van der Waals surface area contributed by atoms with E-state index in [1.807, 2.05) is 0 Å². The first-order valence-electron chi connectivity index (χ1n) is 6.51. The molecule has 2 bridgehead atoms. The second-order valence-electron chi connectivity index (χ2n) is 5.63. The third-order valence-corrected chi connectivity index (χ3v) is 4.41. The highest BCUT2D eigenvalue weighted by Gasteiger charge is 2.78. The van der Waals surface area contributed by atoms with Crippen molar-refractivity contribution in [2.24, 2.45) is 0 Å². The summed E-state index contributed by atoms with van der Waals surface area (Å²) in [6, 6.07) is 7.06. The number of halogens is 5. The van der Waals surface area contributed by atoms with E-state index in [0.717, 1.165) is 0 Å². The molecule has 110 valence electrons. The van der Waals surface area contributed by atoms with Gasteiger partial charge in [-0.1, -0.05) is 30.3 Å². The van der Waals surface area contributed by atoms with Crippen molar-refractivity contribution in [1.82, 2.24) is 5.32 Å². The molecular formula is C14H14F5N. The molecule has 3 atom stereocenters. The minimum absolute atomic E-state index is 0.000813. The van der Waals surface area contributed by atoms with E-state index in [4.69, 9.17) is 0 Å². The summed E-state index contributed by atoms with van der Waals surface area (Å²) in [5.74, 6) is -9.05. The number of piperidine rings is 1. The first-order valence-corrected chi connectivity index (χ1v) is 6.51. The summed E-state index contributed by atoms with van der Waals surface area (Å²) in [5, 5.41) is 2.44. The lowest BCUT2D eigenvalue weighted by Gasteiger charge is -2.47. The van der Waals surface area contributed by atoms with Gasteiger partial charge in [-0.2, -0.15) is 17.6 Å². The van der Waals surface area contributed by atoms with Crippen molar-refractivity contribution in [2.75, 3.05) is 0 Å². The van der Waals surface area contributed by atoms with Crippen LogP contribution in [-0.2, 0) is 6.42 Å². The maximum atomic E-state index is 14.2. The predicted octanol–water partition coefficient (Wildman–Crippen LogP) is 3.34. The number of hydrogen-bond acceptors (Lipinski definition) is 1. The van der Waals surface area contributed by atoms with Crippen LogP contribution in [0.3, 0.4) is 0 Å². The highest BCUT2D eigenvalue weighted by atomic mass is 19.3.